The van der Waals surface area contributed by atoms with Crippen LogP contribution < -0.4 is 4.90 Å². The van der Waals surface area contributed by atoms with Crippen LogP contribution in [0.5, 0.6) is 0 Å². The van der Waals surface area contributed by atoms with E-state index in [1.807, 2.05) is 23.1 Å². The Bertz CT molecular complexity index is 1010. The number of anilines is 1. The first-order valence-electron chi connectivity index (χ1n) is 9.82. The van der Waals surface area contributed by atoms with Crippen molar-refractivity contribution in [2.45, 2.75) is 39.7 Å². The predicted molar refractivity (Wildman–Crippen MR) is 112 cm³/mol. The molecule has 2 heterocycles. The minimum Gasteiger partial charge on any atom is -0.383 e. The molecule has 1 amide bonds. The van der Waals surface area contributed by atoms with E-state index < -0.39 is 0 Å². The molecule has 0 bridgehead atoms. The van der Waals surface area contributed by atoms with Crippen molar-refractivity contribution in [1.82, 2.24) is 9.55 Å². The zero-order chi connectivity index (χ0) is 19.8. The van der Waals surface area contributed by atoms with Crippen LogP contribution in [0.25, 0.3) is 11.0 Å². The number of carbonyl (C=O) groups excluding carboxylic acids is 1. The highest BCUT2D eigenvalue weighted by molar-refractivity contribution is 5.98. The maximum absolute atomic E-state index is 13.0. The average molecular weight is 377 g/mol. The van der Waals surface area contributed by atoms with E-state index in [0.717, 1.165) is 40.2 Å². The van der Waals surface area contributed by atoms with Crippen molar-refractivity contribution in [1.29, 1.82) is 0 Å². The van der Waals surface area contributed by atoms with Crippen LogP contribution in [0.15, 0.2) is 36.4 Å². The van der Waals surface area contributed by atoms with E-state index in [9.17, 15) is 4.79 Å². The third-order valence-corrected chi connectivity index (χ3v) is 5.60. The molecule has 0 aliphatic carbocycles. The molecule has 5 nitrogen and oxygen atoms in total. The Morgan fingerprint density at radius 3 is 2.57 bits per heavy atom. The number of ether oxygens (including phenoxy) is 1. The number of benzene rings is 2. The molecule has 146 valence electrons. The van der Waals surface area contributed by atoms with Crippen LogP contribution in [0, 0.1) is 20.8 Å². The molecule has 1 atom stereocenters. The smallest absolute Gasteiger partial charge is 0.227 e. The Hall–Kier alpha value is -2.66. The van der Waals surface area contributed by atoms with Crippen molar-refractivity contribution in [3.8, 4) is 0 Å². The Morgan fingerprint density at radius 1 is 1.14 bits per heavy atom. The Kier molecular flexibility index (Phi) is 4.94. The summed E-state index contributed by atoms with van der Waals surface area (Å²) in [4.78, 5) is 19.8. The molecule has 1 fully saturated rings. The van der Waals surface area contributed by atoms with Gasteiger partial charge in [-0.25, -0.2) is 4.98 Å². The second-order valence-electron chi connectivity index (χ2n) is 7.76. The number of hydrogen-bond acceptors (Lipinski definition) is 3. The normalized spacial score (nSPS) is 17.1. The molecular formula is C23H27N3O2. The highest BCUT2D eigenvalue weighted by Crippen LogP contribution is 2.36. The lowest BCUT2D eigenvalue weighted by Gasteiger charge is -2.22. The molecule has 0 spiro atoms. The number of methoxy groups -OCH3 is 1. The second-order valence-corrected chi connectivity index (χ2v) is 7.76. The fourth-order valence-corrected chi connectivity index (χ4v) is 4.52. The zero-order valence-corrected chi connectivity index (χ0v) is 17.0. The van der Waals surface area contributed by atoms with Gasteiger partial charge in [0.05, 0.1) is 17.6 Å². The molecule has 0 radical (unpaired) electrons. The van der Waals surface area contributed by atoms with E-state index in [4.69, 9.17) is 9.72 Å². The lowest BCUT2D eigenvalue weighted by atomic mass is 10.0. The third kappa shape index (κ3) is 3.20. The fraction of sp³-hybridized carbons (Fsp3) is 0.391. The van der Waals surface area contributed by atoms with E-state index >= 15 is 0 Å². The number of nitrogens with zero attached hydrogens (tertiary/aromatic N) is 3. The second kappa shape index (κ2) is 7.40. The first-order chi connectivity index (χ1) is 13.5. The van der Waals surface area contributed by atoms with Gasteiger partial charge in [-0.2, -0.15) is 0 Å². The number of para-hydroxylation sites is 2. The van der Waals surface area contributed by atoms with Crippen molar-refractivity contribution in [3.05, 3.63) is 58.9 Å². The van der Waals surface area contributed by atoms with Crippen LogP contribution in [0.2, 0.25) is 0 Å². The number of carbonyl (C=O) groups is 1. The summed E-state index contributed by atoms with van der Waals surface area (Å²) in [5, 5.41) is 0. The van der Waals surface area contributed by atoms with Crippen LogP contribution in [0.3, 0.4) is 0 Å². The van der Waals surface area contributed by atoms with Crippen LogP contribution in [0.4, 0.5) is 5.69 Å². The zero-order valence-electron chi connectivity index (χ0n) is 17.0. The standard InChI is InChI=1S/C23H27N3O2/c1-15-11-16(2)22(17(3)12-15)26-14-18(13-21(26)27)23-24-19-7-5-6-8-20(19)25(23)9-10-28-4/h5-8,11-12,18H,9-10,13-14H2,1-4H3. The number of aryl methyl sites for hydroxylation is 3. The first-order valence-corrected chi connectivity index (χ1v) is 9.82. The summed E-state index contributed by atoms with van der Waals surface area (Å²) < 4.78 is 7.53. The summed E-state index contributed by atoms with van der Waals surface area (Å²) in [6, 6.07) is 12.5. The molecule has 1 aromatic heterocycles. The maximum Gasteiger partial charge on any atom is 0.227 e. The average Bonchev–Trinajstić information content (AvgIpc) is 3.20. The van der Waals surface area contributed by atoms with Crippen molar-refractivity contribution in [3.63, 3.8) is 0 Å². The summed E-state index contributed by atoms with van der Waals surface area (Å²) in [6.45, 7) is 8.29. The van der Waals surface area contributed by atoms with Gasteiger partial charge in [-0.3, -0.25) is 4.79 Å². The van der Waals surface area contributed by atoms with E-state index in [2.05, 4.69) is 43.5 Å². The van der Waals surface area contributed by atoms with Crippen molar-refractivity contribution >= 4 is 22.6 Å². The molecule has 3 aromatic rings. The van der Waals surface area contributed by atoms with Crippen LogP contribution in [0.1, 0.15) is 34.9 Å². The predicted octanol–water partition coefficient (Wildman–Crippen LogP) is 4.13. The molecule has 0 N–H and O–H groups in total. The highest BCUT2D eigenvalue weighted by atomic mass is 16.5. The number of aromatic nitrogens is 2. The Morgan fingerprint density at radius 2 is 1.86 bits per heavy atom. The minimum atomic E-state index is 0.0804. The van der Waals surface area contributed by atoms with E-state index in [-0.39, 0.29) is 11.8 Å². The van der Waals surface area contributed by atoms with Crippen LogP contribution in [-0.2, 0) is 16.1 Å². The van der Waals surface area contributed by atoms with Gasteiger partial charge >= 0.3 is 0 Å². The minimum absolute atomic E-state index is 0.0804. The lowest BCUT2D eigenvalue weighted by molar-refractivity contribution is -0.117. The largest absolute Gasteiger partial charge is 0.383 e. The molecule has 1 aliphatic heterocycles. The number of imidazole rings is 1. The SMILES string of the molecule is COCCn1c(C2CC(=O)N(c3c(C)cc(C)cc3C)C2)nc2ccccc21. The van der Waals surface area contributed by atoms with Crippen LogP contribution >= 0.6 is 0 Å². The third-order valence-electron chi connectivity index (χ3n) is 5.60. The topological polar surface area (TPSA) is 47.4 Å². The molecule has 1 aliphatic rings. The number of hydrogen-bond donors (Lipinski definition) is 0. The molecule has 28 heavy (non-hydrogen) atoms. The van der Waals surface area contributed by atoms with E-state index in [1.54, 1.807) is 7.11 Å². The van der Waals surface area contributed by atoms with Gasteiger partial charge in [-0.15, -0.1) is 0 Å². The van der Waals surface area contributed by atoms with Gasteiger partial charge in [-0.1, -0.05) is 29.8 Å². The Labute approximate surface area is 165 Å². The fourth-order valence-electron chi connectivity index (χ4n) is 4.52. The summed E-state index contributed by atoms with van der Waals surface area (Å²) in [7, 11) is 1.71. The monoisotopic (exact) mass is 377 g/mol. The van der Waals surface area contributed by atoms with E-state index in [0.29, 0.717) is 19.6 Å². The van der Waals surface area contributed by atoms with Gasteiger partial charge in [0.2, 0.25) is 5.91 Å². The van der Waals surface area contributed by atoms with Gasteiger partial charge in [0.1, 0.15) is 5.82 Å². The summed E-state index contributed by atoms with van der Waals surface area (Å²) in [5.41, 5.74) is 6.66. The lowest BCUT2D eigenvalue weighted by Crippen LogP contribution is -2.26. The van der Waals surface area contributed by atoms with Crippen LogP contribution in [-0.4, -0.2) is 35.7 Å². The molecule has 5 heteroatoms. The van der Waals surface area contributed by atoms with E-state index in [1.165, 1.54) is 5.56 Å². The number of rotatable bonds is 5. The maximum atomic E-state index is 13.0. The van der Waals surface area contributed by atoms with Crippen molar-refractivity contribution in [2.75, 3.05) is 25.2 Å². The van der Waals surface area contributed by atoms with Gasteiger partial charge in [0.25, 0.3) is 0 Å². The quantitative estimate of drug-likeness (QED) is 0.672. The molecule has 2 aromatic carbocycles. The molecule has 1 saturated heterocycles. The molecule has 0 saturated carbocycles. The summed E-state index contributed by atoms with van der Waals surface area (Å²) in [6.07, 6.45) is 0.489. The molecular weight excluding hydrogens is 350 g/mol. The summed E-state index contributed by atoms with van der Waals surface area (Å²) >= 11 is 0. The van der Waals surface area contributed by atoms with Gasteiger partial charge in [-0.05, 0) is 44.0 Å². The van der Waals surface area contributed by atoms with Gasteiger partial charge < -0.3 is 14.2 Å². The van der Waals surface area contributed by atoms with Gasteiger partial charge in [0.15, 0.2) is 0 Å². The first kappa shape index (κ1) is 18.7. The summed E-state index contributed by atoms with van der Waals surface area (Å²) in [5.74, 6) is 1.23. The molecule has 1 unspecified atom stereocenters. The number of amides is 1. The number of fused-ring (bicyclic) bond motifs is 1. The highest BCUT2D eigenvalue weighted by Gasteiger charge is 2.36. The van der Waals surface area contributed by atoms with Crippen molar-refractivity contribution < 1.29 is 9.53 Å². The molecule has 4 rings (SSSR count). The van der Waals surface area contributed by atoms with Crippen molar-refractivity contribution in [2.24, 2.45) is 0 Å². The van der Waals surface area contributed by atoms with Gasteiger partial charge in [0, 0.05) is 38.2 Å². The Balaban J connectivity index is 1.72.